The molecule has 0 aliphatic heterocycles. The van der Waals surface area contributed by atoms with Crippen molar-refractivity contribution in [2.45, 2.75) is 22.9 Å². The molecule has 196 valence electrons. The first-order valence-corrected chi connectivity index (χ1v) is 20.3. The van der Waals surface area contributed by atoms with Gasteiger partial charge in [0.15, 0.2) is 0 Å². The Morgan fingerprint density at radius 1 is 0.625 bits per heavy atom. The number of fused-ring (bicyclic) bond motifs is 4. The number of benzene rings is 5. The van der Waals surface area contributed by atoms with Gasteiger partial charge in [0.05, 0.1) is 0 Å². The molecule has 2 aliphatic carbocycles. The van der Waals surface area contributed by atoms with Gasteiger partial charge in [0.2, 0.25) is 0 Å². The van der Waals surface area contributed by atoms with Crippen molar-refractivity contribution in [2.75, 3.05) is 13.3 Å². The molecule has 0 fully saturated rings. The van der Waals surface area contributed by atoms with E-state index >= 15 is 0 Å². The van der Waals surface area contributed by atoms with Crippen LogP contribution in [0.1, 0.15) is 37.1 Å². The van der Waals surface area contributed by atoms with Gasteiger partial charge in [0.25, 0.3) is 0 Å². The third-order valence-corrected chi connectivity index (χ3v) is 16.3. The van der Waals surface area contributed by atoms with Gasteiger partial charge < -0.3 is 0 Å². The molecule has 5 aromatic rings. The second-order valence-corrected chi connectivity index (χ2v) is 18.2. The second kappa shape index (κ2) is 12.8. The first kappa shape index (κ1) is 27.3. The zero-order chi connectivity index (χ0) is 27.3. The molecule has 0 aromatic heterocycles. The van der Waals surface area contributed by atoms with Crippen LogP contribution < -0.4 is 3.32 Å². The smallest absolute Gasteiger partial charge is 0.0238 e. The third-order valence-electron chi connectivity index (χ3n) is 7.96. The van der Waals surface area contributed by atoms with Crippen molar-refractivity contribution in [3.8, 4) is 11.1 Å². The Labute approximate surface area is 252 Å². The molecule has 1 atom stereocenters. The van der Waals surface area contributed by atoms with Crippen molar-refractivity contribution < 1.29 is 22.9 Å². The predicted molar refractivity (Wildman–Crippen MR) is 171 cm³/mol. The molecule has 0 N–H and O–H groups in total. The average Bonchev–Trinajstić information content (AvgIpc) is 3.57. The van der Waals surface area contributed by atoms with Crippen LogP contribution in [0.25, 0.3) is 17.2 Å². The van der Waals surface area contributed by atoms with Crippen LogP contribution in [-0.4, -0.2) is 13.3 Å². The molecule has 0 bridgehead atoms. The molecule has 2 aliphatic rings. The van der Waals surface area contributed by atoms with E-state index < -0.39 is 22.9 Å². The van der Waals surface area contributed by atoms with E-state index in [0.717, 1.165) is 22.9 Å². The zero-order valence-electron chi connectivity index (χ0n) is 23.3. The van der Waals surface area contributed by atoms with Gasteiger partial charge in [-0.25, -0.2) is 0 Å². The fourth-order valence-corrected chi connectivity index (χ4v) is 15.8. The maximum Gasteiger partial charge on any atom is -0.0238 e. The van der Waals surface area contributed by atoms with E-state index in [1.807, 2.05) is 0 Å². The molecule has 0 radical (unpaired) electrons. The van der Waals surface area contributed by atoms with E-state index in [2.05, 4.69) is 147 Å². The SMILES string of the molecule is CP(C)C1=Cc2ccccc2[CH]1[Hf][c]1cccc2c1Cc1ccccc1-2.c1ccc(CCc2ccccc2)cc1. The Morgan fingerprint density at radius 3 is 1.93 bits per heavy atom. The molecule has 40 heavy (non-hydrogen) atoms. The van der Waals surface area contributed by atoms with Crippen LogP contribution >= 0.6 is 7.92 Å². The summed E-state index contributed by atoms with van der Waals surface area (Å²) < 4.78 is 2.46. The molecule has 0 nitrogen and oxygen atoms in total. The van der Waals surface area contributed by atoms with E-state index in [1.165, 1.54) is 33.4 Å². The van der Waals surface area contributed by atoms with Crippen molar-refractivity contribution >= 4 is 17.3 Å². The van der Waals surface area contributed by atoms with Crippen LogP contribution in [0.5, 0.6) is 0 Å². The summed E-state index contributed by atoms with van der Waals surface area (Å²) in [5, 5.41) is 1.73. The summed E-state index contributed by atoms with van der Waals surface area (Å²) in [7, 11) is -0.0263. The number of hydrogen-bond acceptors (Lipinski definition) is 0. The molecular formula is C38H35HfP. The van der Waals surface area contributed by atoms with E-state index in [4.69, 9.17) is 0 Å². The molecule has 7 rings (SSSR count). The van der Waals surface area contributed by atoms with E-state index in [0.29, 0.717) is 0 Å². The summed E-state index contributed by atoms with van der Waals surface area (Å²) in [6.45, 7) is 4.85. The summed E-state index contributed by atoms with van der Waals surface area (Å²) in [5.74, 6) is 0. The molecular weight excluding hydrogens is 666 g/mol. The van der Waals surface area contributed by atoms with Gasteiger partial charge in [-0.2, -0.15) is 0 Å². The van der Waals surface area contributed by atoms with E-state index in [9.17, 15) is 0 Å². The van der Waals surface area contributed by atoms with Crippen LogP contribution in [0.2, 0.25) is 0 Å². The topological polar surface area (TPSA) is 0 Å². The standard InChI is InChI=1S/C14H14.C13H9.C11H12P.Hf/c1-3-7-13(8-4-1)11-12-14-9-5-2-6-10-14;1-3-7-12-10(5-1)9-11-6-2-4-8-13(11)12;1-12(2)11-7-9-5-3-4-6-10(9)8-11;/h1-10H,11-12H2;1-5,7-8H,9H2;3-8H,1-2H3;. The fraction of sp³-hybridized carbons (Fsp3) is 0.158. The van der Waals surface area contributed by atoms with E-state index in [-0.39, 0.29) is 7.92 Å². The van der Waals surface area contributed by atoms with Crippen molar-refractivity contribution in [3.63, 3.8) is 0 Å². The zero-order valence-corrected chi connectivity index (χ0v) is 27.8. The first-order chi connectivity index (χ1) is 19.7. The minimum atomic E-state index is -1.04. The molecule has 0 saturated heterocycles. The Balaban J connectivity index is 0.000000175. The van der Waals surface area contributed by atoms with Gasteiger partial charge >= 0.3 is 169 Å². The van der Waals surface area contributed by atoms with Crippen molar-refractivity contribution in [3.05, 3.63) is 166 Å². The summed E-state index contributed by atoms with van der Waals surface area (Å²) in [4.78, 5) is 0. The Hall–Kier alpha value is -2.86. The monoisotopic (exact) mass is 702 g/mol. The van der Waals surface area contributed by atoms with Gasteiger partial charge in [-0.1, -0.05) is 60.7 Å². The Morgan fingerprint density at radius 2 is 1.23 bits per heavy atom. The number of hydrogen-bond donors (Lipinski definition) is 0. The summed E-state index contributed by atoms with van der Waals surface area (Å²) in [6, 6.07) is 46.4. The van der Waals surface area contributed by atoms with Crippen molar-refractivity contribution in [1.82, 2.24) is 0 Å². The van der Waals surface area contributed by atoms with Gasteiger partial charge in [0.1, 0.15) is 0 Å². The molecule has 2 heteroatoms. The predicted octanol–water partition coefficient (Wildman–Crippen LogP) is 9.27. The van der Waals surface area contributed by atoms with Gasteiger partial charge in [-0.05, 0) is 24.0 Å². The average molecular weight is 701 g/mol. The van der Waals surface area contributed by atoms with Crippen molar-refractivity contribution in [1.29, 1.82) is 0 Å². The Kier molecular flexibility index (Phi) is 8.71. The summed E-state index contributed by atoms with van der Waals surface area (Å²) in [6.07, 6.45) is 5.90. The molecule has 1 unspecified atom stereocenters. The number of allylic oxidation sites excluding steroid dienone is 1. The minimum Gasteiger partial charge on any atom is -0.0622 e. The van der Waals surface area contributed by atoms with E-state index in [1.54, 1.807) is 19.8 Å². The molecule has 0 spiro atoms. The van der Waals surface area contributed by atoms with Gasteiger partial charge in [-0.15, -0.1) is 0 Å². The largest absolute Gasteiger partial charge is 0.0622 e. The minimum absolute atomic E-state index is 0.0263. The van der Waals surface area contributed by atoms with Crippen LogP contribution in [-0.2, 0) is 42.2 Å². The normalized spacial score (nSPS) is 14.5. The fourth-order valence-electron chi connectivity index (χ4n) is 5.87. The summed E-state index contributed by atoms with van der Waals surface area (Å²) >= 11 is -1.04. The quantitative estimate of drug-likeness (QED) is 0.120. The number of aryl methyl sites for hydroxylation is 2. The Bertz CT molecular complexity index is 1580. The van der Waals surface area contributed by atoms with Crippen molar-refractivity contribution in [2.24, 2.45) is 0 Å². The van der Waals surface area contributed by atoms with Crippen LogP contribution in [0, 0.1) is 0 Å². The summed E-state index contributed by atoms with van der Waals surface area (Å²) in [5.41, 5.74) is 12.0. The molecule has 0 saturated carbocycles. The van der Waals surface area contributed by atoms with Crippen LogP contribution in [0.4, 0.5) is 0 Å². The second-order valence-electron chi connectivity index (χ2n) is 10.8. The maximum absolute atomic E-state index is 2.51. The van der Waals surface area contributed by atoms with Gasteiger partial charge in [-0.3, -0.25) is 0 Å². The van der Waals surface area contributed by atoms with Crippen LogP contribution in [0.3, 0.4) is 0 Å². The molecule has 0 amide bonds. The molecule has 5 aromatic carbocycles. The number of rotatable bonds is 6. The van der Waals surface area contributed by atoms with Crippen LogP contribution in [0.15, 0.2) is 133 Å². The molecule has 0 heterocycles. The first-order valence-electron chi connectivity index (χ1n) is 14.2. The maximum atomic E-state index is 2.51. The van der Waals surface area contributed by atoms with Gasteiger partial charge in [0, 0.05) is 0 Å². The third kappa shape index (κ3) is 6.07.